The molecular weight excluding hydrogens is 461 g/mol. The van der Waals surface area contributed by atoms with Crippen molar-refractivity contribution in [3.8, 4) is 5.75 Å². The second kappa shape index (κ2) is 8.77. The van der Waals surface area contributed by atoms with Gasteiger partial charge in [-0.3, -0.25) is 14.7 Å². The molecule has 184 valence electrons. The van der Waals surface area contributed by atoms with Crippen molar-refractivity contribution in [1.29, 1.82) is 0 Å². The number of benzene rings is 1. The molecule has 2 saturated heterocycles. The van der Waals surface area contributed by atoms with Crippen LogP contribution in [-0.2, 0) is 9.53 Å². The van der Waals surface area contributed by atoms with Crippen LogP contribution in [0.4, 0.5) is 27.6 Å². The number of nitrogens with one attached hydrogen (secondary N) is 1. The number of anilines is 1. The van der Waals surface area contributed by atoms with Gasteiger partial charge in [-0.25, -0.2) is 4.39 Å². The first-order chi connectivity index (χ1) is 15.9. The lowest BCUT2D eigenvalue weighted by molar-refractivity contribution is -0.272. The monoisotopic (exact) mass is 485 g/mol. The quantitative estimate of drug-likeness (QED) is 0.646. The fraction of sp³-hybridized carbons (Fsp3) is 0.478. The number of carbonyl (C=O) groups excluding carboxylic acids is 1. The topological polar surface area (TPSA) is 63.7 Å². The Morgan fingerprint density at radius 3 is 2.44 bits per heavy atom. The van der Waals surface area contributed by atoms with E-state index < -0.39 is 59.1 Å². The molecule has 0 saturated carbocycles. The molecule has 0 unspecified atom stereocenters. The highest BCUT2D eigenvalue weighted by molar-refractivity contribution is 5.95. The van der Waals surface area contributed by atoms with E-state index in [1.165, 1.54) is 31.5 Å². The summed E-state index contributed by atoms with van der Waals surface area (Å²) < 4.78 is 82.3. The Labute approximate surface area is 193 Å². The van der Waals surface area contributed by atoms with Crippen LogP contribution in [0.3, 0.4) is 0 Å². The number of likely N-dealkylation sites (N-methyl/N-ethyl adjacent to an activating group) is 1. The number of carbonyl (C=O) groups is 1. The molecule has 1 amide bonds. The van der Waals surface area contributed by atoms with Crippen LogP contribution in [0.25, 0.3) is 0 Å². The van der Waals surface area contributed by atoms with Crippen LogP contribution in [0.2, 0.25) is 0 Å². The van der Waals surface area contributed by atoms with E-state index in [2.05, 4.69) is 10.3 Å². The van der Waals surface area contributed by atoms with Gasteiger partial charge in [-0.05, 0) is 32.2 Å². The van der Waals surface area contributed by atoms with Gasteiger partial charge in [0.05, 0.1) is 0 Å². The zero-order valence-electron chi connectivity index (χ0n) is 18.7. The van der Waals surface area contributed by atoms with E-state index in [0.717, 1.165) is 19.1 Å². The van der Waals surface area contributed by atoms with Crippen LogP contribution in [0.5, 0.6) is 5.75 Å². The van der Waals surface area contributed by atoms with E-state index in [1.807, 2.05) is 11.9 Å². The molecule has 4 rings (SSSR count). The summed E-state index contributed by atoms with van der Waals surface area (Å²) in [5.74, 6) is -6.45. The molecule has 0 radical (unpaired) electrons. The minimum absolute atomic E-state index is 0.0520. The standard InChI is InChI=1S/C23H24F5N3O3/c1-12-17(15-4-5-16(24)18(25)19(15)33-14-10-31(3)11-14)20(34-22(12,2)23(26,27)28)21(32)30-13-6-8-29-9-7-13/h4-9,12,14,17,20H,10-11H2,1-3H3,(H,29,30,32)/t12-,17-,20+,22+/m0/s1. The third-order valence-corrected chi connectivity index (χ3v) is 6.63. The zero-order valence-corrected chi connectivity index (χ0v) is 18.7. The van der Waals surface area contributed by atoms with Crippen molar-refractivity contribution in [2.24, 2.45) is 5.92 Å². The van der Waals surface area contributed by atoms with Crippen LogP contribution in [0.15, 0.2) is 36.7 Å². The highest BCUT2D eigenvalue weighted by Gasteiger charge is 2.66. The number of likely N-dealkylation sites (tertiary alicyclic amines) is 1. The molecule has 0 aliphatic carbocycles. The predicted molar refractivity (Wildman–Crippen MR) is 112 cm³/mol. The molecule has 0 spiro atoms. The molecule has 11 heteroatoms. The number of alkyl halides is 3. The summed E-state index contributed by atoms with van der Waals surface area (Å²) in [5, 5.41) is 2.52. The van der Waals surface area contributed by atoms with Crippen LogP contribution in [-0.4, -0.2) is 59.9 Å². The Morgan fingerprint density at radius 2 is 1.85 bits per heavy atom. The normalized spacial score (nSPS) is 27.9. The molecule has 1 aromatic carbocycles. The number of nitrogens with zero attached hydrogens (tertiary/aromatic N) is 2. The first-order valence-electron chi connectivity index (χ1n) is 10.7. The van der Waals surface area contributed by atoms with Gasteiger partial charge >= 0.3 is 6.18 Å². The Bertz CT molecular complexity index is 1060. The Morgan fingerprint density at radius 1 is 1.21 bits per heavy atom. The summed E-state index contributed by atoms with van der Waals surface area (Å²) in [7, 11) is 1.81. The van der Waals surface area contributed by atoms with Crippen molar-refractivity contribution in [2.75, 3.05) is 25.5 Å². The molecule has 6 nitrogen and oxygen atoms in total. The van der Waals surface area contributed by atoms with Crippen LogP contribution < -0.4 is 10.1 Å². The van der Waals surface area contributed by atoms with Crippen LogP contribution in [0, 0.1) is 17.6 Å². The van der Waals surface area contributed by atoms with E-state index in [-0.39, 0.29) is 5.56 Å². The van der Waals surface area contributed by atoms with Crippen LogP contribution >= 0.6 is 0 Å². The number of pyridine rings is 1. The summed E-state index contributed by atoms with van der Waals surface area (Å²) in [6.07, 6.45) is -4.13. The Hall–Kier alpha value is -2.79. The molecule has 2 aliphatic heterocycles. The summed E-state index contributed by atoms with van der Waals surface area (Å²) in [6.45, 7) is 3.02. The maximum Gasteiger partial charge on any atom is 0.417 e. The molecule has 2 aromatic rings. The SMILES string of the molecule is C[C@H]1[C@@H](c2ccc(F)c(F)c2OC2CN(C)C2)[C@H](C(=O)Nc2ccncc2)O[C@@]1(C)C(F)(F)F. The third kappa shape index (κ3) is 4.22. The predicted octanol–water partition coefficient (Wildman–Crippen LogP) is 4.13. The van der Waals surface area contributed by atoms with Gasteiger partial charge in [-0.2, -0.15) is 17.6 Å². The highest BCUT2D eigenvalue weighted by atomic mass is 19.4. The fourth-order valence-corrected chi connectivity index (χ4v) is 4.48. The second-order valence-electron chi connectivity index (χ2n) is 8.92. The van der Waals surface area contributed by atoms with Crippen molar-refractivity contribution in [3.63, 3.8) is 0 Å². The van der Waals surface area contributed by atoms with Crippen molar-refractivity contribution in [2.45, 2.75) is 43.8 Å². The fourth-order valence-electron chi connectivity index (χ4n) is 4.48. The maximum absolute atomic E-state index is 14.9. The number of amides is 1. The number of halogens is 5. The number of hydrogen-bond acceptors (Lipinski definition) is 5. The van der Waals surface area contributed by atoms with Crippen molar-refractivity contribution in [1.82, 2.24) is 9.88 Å². The van der Waals surface area contributed by atoms with E-state index in [1.54, 1.807) is 0 Å². The summed E-state index contributed by atoms with van der Waals surface area (Å²) in [4.78, 5) is 18.8. The van der Waals surface area contributed by atoms with Crippen molar-refractivity contribution >= 4 is 11.6 Å². The van der Waals surface area contributed by atoms with E-state index >= 15 is 0 Å². The molecule has 4 atom stereocenters. The van der Waals surface area contributed by atoms with E-state index in [4.69, 9.17) is 9.47 Å². The van der Waals surface area contributed by atoms with Gasteiger partial charge in [0.15, 0.2) is 17.2 Å². The number of rotatable bonds is 5. The first kappa shape index (κ1) is 24.3. The molecular formula is C23H24F5N3O3. The van der Waals surface area contributed by atoms with Gasteiger partial charge in [-0.15, -0.1) is 0 Å². The lowest BCUT2D eigenvalue weighted by Gasteiger charge is -2.37. The summed E-state index contributed by atoms with van der Waals surface area (Å²) in [5.41, 5.74) is -2.46. The second-order valence-corrected chi connectivity index (χ2v) is 8.92. The van der Waals surface area contributed by atoms with Gasteiger partial charge in [0.1, 0.15) is 12.2 Å². The van der Waals surface area contributed by atoms with Gasteiger partial charge in [-0.1, -0.05) is 13.0 Å². The van der Waals surface area contributed by atoms with E-state index in [0.29, 0.717) is 18.8 Å². The molecule has 1 N–H and O–H groups in total. The maximum atomic E-state index is 14.9. The van der Waals surface area contributed by atoms with Gasteiger partial charge in [0.25, 0.3) is 5.91 Å². The Balaban J connectivity index is 1.76. The average Bonchev–Trinajstić information content (AvgIpc) is 3.03. The molecule has 1 aromatic heterocycles. The number of aromatic nitrogens is 1. The molecule has 0 bridgehead atoms. The van der Waals surface area contributed by atoms with E-state index in [9.17, 15) is 26.7 Å². The molecule has 2 fully saturated rings. The van der Waals surface area contributed by atoms with Gasteiger partial charge in [0, 0.05) is 48.6 Å². The number of hydrogen-bond donors (Lipinski definition) is 1. The highest BCUT2D eigenvalue weighted by Crippen LogP contribution is 2.55. The van der Waals surface area contributed by atoms with Crippen molar-refractivity contribution < 1.29 is 36.2 Å². The van der Waals surface area contributed by atoms with Gasteiger partial charge < -0.3 is 14.8 Å². The zero-order chi connectivity index (χ0) is 24.8. The summed E-state index contributed by atoms with van der Waals surface area (Å²) >= 11 is 0. The first-order valence-corrected chi connectivity index (χ1v) is 10.7. The minimum Gasteiger partial charge on any atom is -0.484 e. The van der Waals surface area contributed by atoms with Crippen molar-refractivity contribution in [3.05, 3.63) is 53.9 Å². The molecule has 2 aliphatic rings. The number of ether oxygens (including phenoxy) is 2. The Kier molecular flexibility index (Phi) is 6.28. The van der Waals surface area contributed by atoms with Crippen LogP contribution in [0.1, 0.15) is 25.3 Å². The largest absolute Gasteiger partial charge is 0.484 e. The lowest BCUT2D eigenvalue weighted by atomic mass is 9.77. The van der Waals surface area contributed by atoms with Gasteiger partial charge in [0.2, 0.25) is 5.82 Å². The molecule has 34 heavy (non-hydrogen) atoms. The minimum atomic E-state index is -4.83. The average molecular weight is 485 g/mol. The summed E-state index contributed by atoms with van der Waals surface area (Å²) in [6, 6.07) is 4.91. The smallest absolute Gasteiger partial charge is 0.417 e. The molecule has 3 heterocycles. The third-order valence-electron chi connectivity index (χ3n) is 6.63. The lowest BCUT2D eigenvalue weighted by Crippen LogP contribution is -2.51.